The van der Waals surface area contributed by atoms with Crippen LogP contribution in [0.3, 0.4) is 0 Å². The van der Waals surface area contributed by atoms with Crippen LogP contribution in [-0.4, -0.2) is 23.1 Å². The molecule has 0 bridgehead atoms. The van der Waals surface area contributed by atoms with Crippen molar-refractivity contribution in [3.05, 3.63) is 47.2 Å². The predicted octanol–water partition coefficient (Wildman–Crippen LogP) is 1.36. The molecule has 0 fully saturated rings. The first-order valence-electron chi connectivity index (χ1n) is 6.97. The summed E-state index contributed by atoms with van der Waals surface area (Å²) in [5.41, 5.74) is 9.31. The van der Waals surface area contributed by atoms with E-state index in [0.29, 0.717) is 5.95 Å². The zero-order valence-corrected chi connectivity index (χ0v) is 11.4. The van der Waals surface area contributed by atoms with Crippen LogP contribution in [-0.2, 0) is 19.4 Å². The van der Waals surface area contributed by atoms with Crippen LogP contribution in [0.2, 0.25) is 0 Å². The summed E-state index contributed by atoms with van der Waals surface area (Å²) in [6.45, 7) is 2.65. The summed E-state index contributed by atoms with van der Waals surface area (Å²) in [4.78, 5) is 8.75. The number of hydrogen-bond donors (Lipinski definition) is 3. The summed E-state index contributed by atoms with van der Waals surface area (Å²) in [6, 6.07) is 10.3. The Balaban J connectivity index is 1.83. The molecule has 0 saturated carbocycles. The second-order valence-corrected chi connectivity index (χ2v) is 4.94. The van der Waals surface area contributed by atoms with Gasteiger partial charge >= 0.3 is 0 Å². The summed E-state index contributed by atoms with van der Waals surface area (Å²) in [7, 11) is 0. The Labute approximate surface area is 118 Å². The average Bonchev–Trinajstić information content (AvgIpc) is 2.71. The fourth-order valence-electron chi connectivity index (χ4n) is 2.49. The molecule has 5 nitrogen and oxygen atoms in total. The lowest BCUT2D eigenvalue weighted by Crippen LogP contribution is -2.16. The van der Waals surface area contributed by atoms with E-state index in [4.69, 9.17) is 5.73 Å². The number of nitrogens with two attached hydrogens (primary N) is 1. The van der Waals surface area contributed by atoms with Gasteiger partial charge in [-0.05, 0) is 18.5 Å². The fraction of sp³-hybridized carbons (Fsp3) is 0.333. The van der Waals surface area contributed by atoms with Crippen molar-refractivity contribution in [2.45, 2.75) is 19.4 Å². The molecule has 0 atom stereocenters. The molecule has 0 amide bonds. The van der Waals surface area contributed by atoms with Crippen LogP contribution in [0.15, 0.2) is 30.3 Å². The van der Waals surface area contributed by atoms with Crippen LogP contribution < -0.4 is 16.4 Å². The number of fused-ring (bicyclic) bond motifs is 1. The molecule has 0 saturated heterocycles. The van der Waals surface area contributed by atoms with Gasteiger partial charge in [0.05, 0.1) is 5.69 Å². The normalized spacial score (nSPS) is 14.4. The van der Waals surface area contributed by atoms with Crippen molar-refractivity contribution in [3.8, 4) is 0 Å². The van der Waals surface area contributed by atoms with E-state index in [0.717, 1.165) is 44.0 Å². The van der Waals surface area contributed by atoms with E-state index in [-0.39, 0.29) is 0 Å². The largest absolute Gasteiger partial charge is 0.368 e. The fourth-order valence-corrected chi connectivity index (χ4v) is 2.49. The summed E-state index contributed by atoms with van der Waals surface area (Å²) in [5, 5.41) is 6.78. The maximum absolute atomic E-state index is 5.82. The van der Waals surface area contributed by atoms with Crippen molar-refractivity contribution in [2.24, 2.45) is 0 Å². The van der Waals surface area contributed by atoms with Gasteiger partial charge in [-0.3, -0.25) is 0 Å². The lowest BCUT2D eigenvalue weighted by atomic mass is 10.1. The smallest absolute Gasteiger partial charge is 0.222 e. The second kappa shape index (κ2) is 5.88. The third kappa shape index (κ3) is 2.88. The number of anilines is 2. The first-order chi connectivity index (χ1) is 9.83. The first-order valence-corrected chi connectivity index (χ1v) is 6.97. The number of aromatic nitrogens is 2. The molecule has 2 aromatic rings. The van der Waals surface area contributed by atoms with Gasteiger partial charge in [-0.2, -0.15) is 4.98 Å². The molecule has 0 spiro atoms. The molecule has 4 N–H and O–H groups in total. The molecule has 2 heterocycles. The molecule has 0 unspecified atom stereocenters. The zero-order valence-electron chi connectivity index (χ0n) is 11.4. The standard InChI is InChI=1S/C15H19N5/c16-15-19-13-7-9-17-8-6-12(13)14(20-15)18-10-11-4-2-1-3-5-11/h1-5,17H,6-10H2,(H3,16,18,19,20). The van der Waals surface area contributed by atoms with E-state index in [1.165, 1.54) is 11.1 Å². The summed E-state index contributed by atoms with van der Waals surface area (Å²) in [6.07, 6.45) is 1.84. The van der Waals surface area contributed by atoms with Gasteiger partial charge < -0.3 is 16.4 Å². The summed E-state index contributed by atoms with van der Waals surface area (Å²) >= 11 is 0. The van der Waals surface area contributed by atoms with Gasteiger partial charge in [-0.15, -0.1) is 0 Å². The minimum absolute atomic E-state index is 0.348. The Bertz CT molecular complexity index is 582. The van der Waals surface area contributed by atoms with Crippen molar-refractivity contribution < 1.29 is 0 Å². The maximum Gasteiger partial charge on any atom is 0.222 e. The molecule has 0 radical (unpaired) electrons. The second-order valence-electron chi connectivity index (χ2n) is 4.94. The number of benzene rings is 1. The van der Waals surface area contributed by atoms with E-state index in [1.54, 1.807) is 0 Å². The molecule has 1 aliphatic heterocycles. The minimum Gasteiger partial charge on any atom is -0.368 e. The lowest BCUT2D eigenvalue weighted by Gasteiger charge is -2.13. The third-order valence-electron chi connectivity index (χ3n) is 3.50. The van der Waals surface area contributed by atoms with Gasteiger partial charge in [-0.25, -0.2) is 4.98 Å². The number of hydrogen-bond acceptors (Lipinski definition) is 5. The molecule has 1 aromatic carbocycles. The lowest BCUT2D eigenvalue weighted by molar-refractivity contribution is 0.708. The molecular formula is C15H19N5. The highest BCUT2D eigenvalue weighted by Gasteiger charge is 2.15. The number of rotatable bonds is 3. The van der Waals surface area contributed by atoms with Crippen molar-refractivity contribution >= 4 is 11.8 Å². The highest BCUT2D eigenvalue weighted by Crippen LogP contribution is 2.21. The molecular weight excluding hydrogens is 250 g/mol. The first kappa shape index (κ1) is 12.9. The Hall–Kier alpha value is -2.14. The van der Waals surface area contributed by atoms with Gasteiger partial charge in [0, 0.05) is 25.1 Å². The van der Waals surface area contributed by atoms with E-state index >= 15 is 0 Å². The molecule has 104 valence electrons. The molecule has 20 heavy (non-hydrogen) atoms. The van der Waals surface area contributed by atoms with Gasteiger partial charge in [0.15, 0.2) is 0 Å². The number of nitrogens with zero attached hydrogens (tertiary/aromatic N) is 2. The SMILES string of the molecule is Nc1nc2c(c(NCc3ccccc3)n1)CCNCC2. The Kier molecular flexibility index (Phi) is 3.78. The van der Waals surface area contributed by atoms with Gasteiger partial charge in [0.1, 0.15) is 5.82 Å². The third-order valence-corrected chi connectivity index (χ3v) is 3.50. The quantitative estimate of drug-likeness (QED) is 0.784. The van der Waals surface area contributed by atoms with E-state index < -0.39 is 0 Å². The Morgan fingerprint density at radius 1 is 1.10 bits per heavy atom. The number of nitrogens with one attached hydrogen (secondary N) is 2. The van der Waals surface area contributed by atoms with Gasteiger partial charge in [0.2, 0.25) is 5.95 Å². The number of nitrogen functional groups attached to an aromatic ring is 1. The highest BCUT2D eigenvalue weighted by atomic mass is 15.1. The summed E-state index contributed by atoms with van der Waals surface area (Å²) < 4.78 is 0. The van der Waals surface area contributed by atoms with Crippen molar-refractivity contribution in [1.82, 2.24) is 15.3 Å². The zero-order chi connectivity index (χ0) is 13.8. The van der Waals surface area contributed by atoms with Crippen LogP contribution in [0.25, 0.3) is 0 Å². The molecule has 5 heteroatoms. The molecule has 0 aliphatic carbocycles. The van der Waals surface area contributed by atoms with Crippen LogP contribution in [0.5, 0.6) is 0 Å². The van der Waals surface area contributed by atoms with Crippen molar-refractivity contribution in [1.29, 1.82) is 0 Å². The van der Waals surface area contributed by atoms with Gasteiger partial charge in [-0.1, -0.05) is 30.3 Å². The van der Waals surface area contributed by atoms with Crippen LogP contribution in [0, 0.1) is 0 Å². The predicted molar refractivity (Wildman–Crippen MR) is 80.5 cm³/mol. The van der Waals surface area contributed by atoms with E-state index in [9.17, 15) is 0 Å². The Morgan fingerprint density at radius 2 is 1.90 bits per heavy atom. The molecule has 3 rings (SSSR count). The van der Waals surface area contributed by atoms with Crippen LogP contribution in [0.1, 0.15) is 16.8 Å². The van der Waals surface area contributed by atoms with Crippen molar-refractivity contribution in [2.75, 3.05) is 24.1 Å². The topological polar surface area (TPSA) is 75.9 Å². The average molecular weight is 269 g/mol. The molecule has 1 aromatic heterocycles. The summed E-state index contributed by atoms with van der Waals surface area (Å²) in [5.74, 6) is 1.22. The minimum atomic E-state index is 0.348. The van der Waals surface area contributed by atoms with E-state index in [2.05, 4.69) is 32.7 Å². The van der Waals surface area contributed by atoms with Gasteiger partial charge in [0.25, 0.3) is 0 Å². The Morgan fingerprint density at radius 3 is 2.75 bits per heavy atom. The monoisotopic (exact) mass is 269 g/mol. The maximum atomic E-state index is 5.82. The van der Waals surface area contributed by atoms with E-state index in [1.807, 2.05) is 18.2 Å². The van der Waals surface area contributed by atoms with Crippen LogP contribution in [0.4, 0.5) is 11.8 Å². The van der Waals surface area contributed by atoms with Crippen molar-refractivity contribution in [3.63, 3.8) is 0 Å². The van der Waals surface area contributed by atoms with Crippen LogP contribution >= 0.6 is 0 Å². The molecule has 1 aliphatic rings. The highest BCUT2D eigenvalue weighted by molar-refractivity contribution is 5.50.